The lowest BCUT2D eigenvalue weighted by Crippen LogP contribution is -2.51. The van der Waals surface area contributed by atoms with E-state index in [1.54, 1.807) is 0 Å². The average Bonchev–Trinajstić information content (AvgIpc) is 2.95. The van der Waals surface area contributed by atoms with Crippen molar-refractivity contribution in [3.05, 3.63) is 58.0 Å². The molecule has 1 saturated heterocycles. The Morgan fingerprint density at radius 1 is 1.18 bits per heavy atom. The molecule has 0 spiro atoms. The number of benzene rings is 1. The van der Waals surface area contributed by atoms with Crippen LogP contribution >= 0.6 is 91.6 Å². The van der Waals surface area contributed by atoms with E-state index in [2.05, 4.69) is 115 Å². The van der Waals surface area contributed by atoms with Crippen molar-refractivity contribution in [1.29, 1.82) is 0 Å². The Bertz CT molecular complexity index is 1430. The van der Waals surface area contributed by atoms with Crippen molar-refractivity contribution in [2.24, 2.45) is 5.41 Å². The molecule has 38 heavy (non-hydrogen) atoms. The van der Waals surface area contributed by atoms with Gasteiger partial charge in [-0.25, -0.2) is 9.97 Å². The number of likely N-dealkylation sites (tertiary alicyclic amines) is 1. The van der Waals surface area contributed by atoms with E-state index in [1.807, 2.05) is 31.3 Å². The van der Waals surface area contributed by atoms with Crippen molar-refractivity contribution >= 4 is 114 Å². The number of anilines is 3. The minimum absolute atomic E-state index is 0.0511. The molecule has 200 valence electrons. The average molecular weight is 885 g/mol. The molecule has 2 aliphatic heterocycles. The fourth-order valence-electron chi connectivity index (χ4n) is 5.57. The van der Waals surface area contributed by atoms with Gasteiger partial charge in [0.1, 0.15) is -0.565 Å². The zero-order chi connectivity index (χ0) is 27.4. The van der Waals surface area contributed by atoms with Crippen LogP contribution in [-0.4, -0.2) is 44.4 Å². The minimum atomic E-state index is 0.0511. The lowest BCUT2D eigenvalue weighted by atomic mass is 9.70. The zero-order valence-electron chi connectivity index (χ0n) is 21.5. The van der Waals surface area contributed by atoms with E-state index < -0.39 is 0 Å². The molecular formula is C27H28ClI3N6S. The number of thiocarbonyl (C=S) groups is 1. The predicted octanol–water partition coefficient (Wildman–Crippen LogP) is 8.23. The number of rotatable bonds is 4. The molecule has 4 heterocycles. The van der Waals surface area contributed by atoms with Gasteiger partial charge in [0.05, 0.1) is 22.1 Å². The van der Waals surface area contributed by atoms with Crippen LogP contribution in [0.5, 0.6) is 0 Å². The van der Waals surface area contributed by atoms with Gasteiger partial charge in [0.2, 0.25) is 5.95 Å². The predicted molar refractivity (Wildman–Crippen MR) is 187 cm³/mol. The lowest BCUT2D eigenvalue weighted by Gasteiger charge is -2.50. The Labute approximate surface area is 275 Å². The summed E-state index contributed by atoms with van der Waals surface area (Å²) in [5, 5.41) is 7.45. The highest BCUT2D eigenvalue weighted by Gasteiger charge is 2.51. The molecule has 2 N–H and O–H groups in total. The summed E-state index contributed by atoms with van der Waals surface area (Å²) in [6, 6.07) is 8.03. The molecule has 2 unspecified atom stereocenters. The van der Waals surface area contributed by atoms with Crippen molar-refractivity contribution in [2.75, 3.05) is 30.8 Å². The van der Waals surface area contributed by atoms with Gasteiger partial charge in [0, 0.05) is 52.1 Å². The SMILES string of the molecule is Cc1nc(C)c(C2CCN(C)CC2(C)C(I)(I)I)cc1Nc1ncc2c(n1)-c1ccc(Cl)cc1NC(=S)C2. The summed E-state index contributed by atoms with van der Waals surface area (Å²) in [6.45, 7) is 8.70. The molecule has 0 bridgehead atoms. The molecule has 6 nitrogen and oxygen atoms in total. The summed E-state index contributed by atoms with van der Waals surface area (Å²) < 4.78 is 0.0511. The molecule has 0 saturated carbocycles. The largest absolute Gasteiger partial charge is 0.349 e. The number of aryl methyl sites for hydroxylation is 2. The van der Waals surface area contributed by atoms with E-state index >= 15 is 0 Å². The van der Waals surface area contributed by atoms with E-state index in [0.29, 0.717) is 23.3 Å². The Morgan fingerprint density at radius 3 is 2.68 bits per heavy atom. The van der Waals surface area contributed by atoms with Gasteiger partial charge in [-0.05, 0) is 69.6 Å². The van der Waals surface area contributed by atoms with Crippen LogP contribution in [0.3, 0.4) is 0 Å². The summed E-state index contributed by atoms with van der Waals surface area (Å²) in [5.41, 5.74) is 7.98. The fraction of sp³-hybridized carbons (Fsp3) is 0.407. The number of fused-ring (bicyclic) bond motifs is 3. The number of alkyl halides is 3. The van der Waals surface area contributed by atoms with E-state index in [4.69, 9.17) is 33.8 Å². The molecule has 1 fully saturated rings. The molecule has 5 rings (SSSR count). The van der Waals surface area contributed by atoms with Gasteiger partial charge in [0.15, 0.2) is 0 Å². The molecule has 2 aromatic heterocycles. The maximum Gasteiger partial charge on any atom is 0.227 e. The van der Waals surface area contributed by atoms with Crippen molar-refractivity contribution in [3.63, 3.8) is 0 Å². The lowest BCUT2D eigenvalue weighted by molar-refractivity contribution is 0.114. The Hall–Kier alpha value is -0.420. The highest BCUT2D eigenvalue weighted by Crippen LogP contribution is 2.60. The first-order valence-corrected chi connectivity index (χ1v) is 16.3. The number of nitrogens with zero attached hydrogens (tertiary/aromatic N) is 4. The van der Waals surface area contributed by atoms with E-state index in [1.165, 1.54) is 5.56 Å². The van der Waals surface area contributed by atoms with Crippen molar-refractivity contribution in [1.82, 2.24) is 19.9 Å². The van der Waals surface area contributed by atoms with Gasteiger partial charge >= 0.3 is 0 Å². The second-order valence-corrected chi connectivity index (χ2v) is 22.4. The van der Waals surface area contributed by atoms with Gasteiger partial charge < -0.3 is 15.5 Å². The Morgan fingerprint density at radius 2 is 1.95 bits per heavy atom. The molecule has 3 aromatic rings. The van der Waals surface area contributed by atoms with Gasteiger partial charge in [-0.3, -0.25) is 4.98 Å². The minimum Gasteiger partial charge on any atom is -0.349 e. The third-order valence-corrected chi connectivity index (χ3v) is 11.8. The highest BCUT2D eigenvalue weighted by molar-refractivity contribution is 14.3. The summed E-state index contributed by atoms with van der Waals surface area (Å²) >= 11 is 19.6. The number of nitrogens with one attached hydrogen (secondary N) is 2. The molecule has 0 radical (unpaired) electrons. The molecular weight excluding hydrogens is 857 g/mol. The number of pyridine rings is 1. The first-order chi connectivity index (χ1) is 17.9. The Kier molecular flexibility index (Phi) is 8.50. The van der Waals surface area contributed by atoms with E-state index in [-0.39, 0.29) is 4.85 Å². The van der Waals surface area contributed by atoms with Gasteiger partial charge in [-0.1, -0.05) is 98.5 Å². The van der Waals surface area contributed by atoms with Crippen LogP contribution < -0.4 is 10.6 Å². The van der Waals surface area contributed by atoms with Gasteiger partial charge in [-0.15, -0.1) is 0 Å². The van der Waals surface area contributed by atoms with Crippen molar-refractivity contribution < 1.29 is 0 Å². The maximum absolute atomic E-state index is 6.27. The number of hydrogen-bond donors (Lipinski definition) is 2. The smallest absolute Gasteiger partial charge is 0.227 e. The molecule has 0 aliphatic carbocycles. The molecule has 2 atom stereocenters. The summed E-state index contributed by atoms with van der Waals surface area (Å²) in [4.78, 5) is 17.8. The van der Waals surface area contributed by atoms with Crippen LogP contribution in [0.25, 0.3) is 11.3 Å². The number of hydrogen-bond acceptors (Lipinski definition) is 6. The third-order valence-electron chi connectivity index (χ3n) is 7.61. The molecule has 0 amide bonds. The number of halogens is 4. The molecule has 2 aliphatic rings. The molecule has 11 heteroatoms. The zero-order valence-corrected chi connectivity index (χ0v) is 29.5. The first kappa shape index (κ1) is 29.1. The summed E-state index contributed by atoms with van der Waals surface area (Å²) in [5.74, 6) is 0.920. The van der Waals surface area contributed by atoms with Crippen LogP contribution in [0, 0.1) is 19.3 Å². The van der Waals surface area contributed by atoms with Crippen LogP contribution in [0.1, 0.15) is 41.8 Å². The second kappa shape index (κ2) is 11.1. The van der Waals surface area contributed by atoms with Crippen LogP contribution in [-0.2, 0) is 6.42 Å². The molecule has 1 aromatic carbocycles. The maximum atomic E-state index is 6.27. The van der Waals surface area contributed by atoms with Crippen molar-refractivity contribution in [2.45, 2.75) is 39.0 Å². The van der Waals surface area contributed by atoms with Crippen LogP contribution in [0.2, 0.25) is 5.02 Å². The van der Waals surface area contributed by atoms with Crippen LogP contribution in [0.4, 0.5) is 17.3 Å². The standard InChI is InChI=1S/C27H28ClI3N6S/c1-14-19(20-7-8-37(4)13-26(20,3)27(29,30)31)11-21(15(2)33-14)35-25-32-12-16-9-23(38)34-22-10-17(28)5-6-18(22)24(16)36-25/h5-6,10-12,20H,7-9,13H2,1-4H3,(H,34,38)(H,32,35,36). The normalized spacial score (nSPS) is 21.8. The topological polar surface area (TPSA) is 66.0 Å². The van der Waals surface area contributed by atoms with Crippen molar-refractivity contribution in [3.8, 4) is 11.3 Å². The van der Waals surface area contributed by atoms with E-state index in [0.717, 1.165) is 64.1 Å². The monoisotopic (exact) mass is 884 g/mol. The summed E-state index contributed by atoms with van der Waals surface area (Å²) in [7, 11) is 2.22. The van der Waals surface area contributed by atoms with E-state index in [9.17, 15) is 0 Å². The highest BCUT2D eigenvalue weighted by atomic mass is 127. The second-order valence-electron chi connectivity index (χ2n) is 10.4. The van der Waals surface area contributed by atoms with Gasteiger partial charge in [0.25, 0.3) is 0 Å². The summed E-state index contributed by atoms with van der Waals surface area (Å²) in [6.07, 6.45) is 3.53. The number of piperidine rings is 1. The fourth-order valence-corrected chi connectivity index (χ4v) is 7.64. The Balaban J connectivity index is 1.54. The first-order valence-electron chi connectivity index (χ1n) is 12.3. The third kappa shape index (κ3) is 5.68. The quantitative estimate of drug-likeness (QED) is 0.156. The van der Waals surface area contributed by atoms with Gasteiger partial charge in [-0.2, -0.15) is 0 Å². The van der Waals surface area contributed by atoms with Crippen LogP contribution in [0.15, 0.2) is 30.5 Å². The number of aromatic nitrogens is 3.